The highest BCUT2D eigenvalue weighted by Crippen LogP contribution is 2.31. The van der Waals surface area contributed by atoms with Gasteiger partial charge < -0.3 is 10.4 Å². The molecule has 0 aromatic carbocycles. The second-order valence-electron chi connectivity index (χ2n) is 5.41. The van der Waals surface area contributed by atoms with Gasteiger partial charge in [0.25, 0.3) is 0 Å². The molecule has 0 aliphatic rings. The van der Waals surface area contributed by atoms with Gasteiger partial charge in [0.1, 0.15) is 0 Å². The Morgan fingerprint density at radius 2 is 2.05 bits per heavy atom. The Hall–Kier alpha value is -1.36. The van der Waals surface area contributed by atoms with Crippen LogP contribution in [-0.2, 0) is 16.1 Å². The summed E-state index contributed by atoms with van der Waals surface area (Å²) in [5.41, 5.74) is 1.21. The molecule has 0 radical (unpaired) electrons. The van der Waals surface area contributed by atoms with Gasteiger partial charge in [-0.2, -0.15) is 11.3 Å². The highest BCUT2D eigenvalue weighted by Gasteiger charge is 2.38. The molecule has 0 saturated carbocycles. The Morgan fingerprint density at radius 3 is 2.47 bits per heavy atom. The molecule has 0 fully saturated rings. The molecule has 1 aromatic rings. The van der Waals surface area contributed by atoms with Crippen LogP contribution < -0.4 is 5.32 Å². The van der Waals surface area contributed by atoms with E-state index in [1.165, 1.54) is 0 Å². The molecule has 4 nitrogen and oxygen atoms in total. The number of nitrogens with one attached hydrogen (secondary N) is 1. The lowest BCUT2D eigenvalue weighted by atomic mass is 9.76. The van der Waals surface area contributed by atoms with Crippen molar-refractivity contribution in [2.75, 3.05) is 0 Å². The van der Waals surface area contributed by atoms with Crippen molar-refractivity contribution in [2.45, 2.75) is 40.7 Å². The first-order chi connectivity index (χ1) is 8.77. The molecule has 0 bridgehead atoms. The molecule has 1 rings (SSSR count). The van der Waals surface area contributed by atoms with E-state index in [9.17, 15) is 14.7 Å². The first kappa shape index (κ1) is 15.7. The largest absolute Gasteiger partial charge is 0.481 e. The van der Waals surface area contributed by atoms with E-state index in [1.54, 1.807) is 18.3 Å². The Kier molecular flexibility index (Phi) is 5.11. The lowest BCUT2D eigenvalue weighted by molar-refractivity contribution is -0.153. The topological polar surface area (TPSA) is 66.4 Å². The molecular weight excluding hydrogens is 262 g/mol. The van der Waals surface area contributed by atoms with Crippen molar-refractivity contribution in [3.63, 3.8) is 0 Å². The first-order valence-electron chi connectivity index (χ1n) is 6.29. The predicted octanol–water partition coefficient (Wildman–Crippen LogP) is 2.81. The molecule has 0 aliphatic carbocycles. The molecule has 5 heteroatoms. The van der Waals surface area contributed by atoms with Crippen molar-refractivity contribution in [1.82, 2.24) is 5.32 Å². The van der Waals surface area contributed by atoms with E-state index in [1.807, 2.05) is 31.5 Å². The van der Waals surface area contributed by atoms with Gasteiger partial charge in [-0.3, -0.25) is 9.59 Å². The minimum absolute atomic E-state index is 0.00316. The number of carbonyl (C=O) groups excluding carboxylic acids is 1. The van der Waals surface area contributed by atoms with Crippen LogP contribution in [0, 0.1) is 18.3 Å². The summed E-state index contributed by atoms with van der Waals surface area (Å²) in [6, 6.07) is 0. The van der Waals surface area contributed by atoms with Gasteiger partial charge in [0.05, 0.1) is 5.41 Å². The summed E-state index contributed by atoms with van der Waals surface area (Å²) in [7, 11) is 0. The maximum atomic E-state index is 11.9. The van der Waals surface area contributed by atoms with Crippen LogP contribution in [0.15, 0.2) is 10.8 Å². The van der Waals surface area contributed by atoms with Gasteiger partial charge in [-0.05, 0) is 41.7 Å². The molecule has 0 saturated heterocycles. The summed E-state index contributed by atoms with van der Waals surface area (Å²) in [5.74, 6) is -1.24. The number of amides is 1. The first-order valence-corrected chi connectivity index (χ1v) is 7.23. The monoisotopic (exact) mass is 283 g/mol. The number of hydrogen-bond donors (Lipinski definition) is 2. The van der Waals surface area contributed by atoms with Gasteiger partial charge in [-0.1, -0.05) is 13.8 Å². The summed E-state index contributed by atoms with van der Waals surface area (Å²) >= 11 is 1.60. The zero-order valence-electron chi connectivity index (χ0n) is 11.8. The van der Waals surface area contributed by atoms with E-state index in [0.29, 0.717) is 6.54 Å². The highest BCUT2D eigenvalue weighted by atomic mass is 32.1. The molecule has 1 atom stereocenters. The van der Waals surface area contributed by atoms with E-state index in [0.717, 1.165) is 11.1 Å². The summed E-state index contributed by atoms with van der Waals surface area (Å²) < 4.78 is 0. The lowest BCUT2D eigenvalue weighted by Gasteiger charge is -2.28. The number of thiophene rings is 1. The number of carboxylic acids is 1. The van der Waals surface area contributed by atoms with E-state index < -0.39 is 11.4 Å². The molecule has 1 unspecified atom stereocenters. The Balaban J connectivity index is 2.60. The predicted molar refractivity (Wildman–Crippen MR) is 76.1 cm³/mol. The summed E-state index contributed by atoms with van der Waals surface area (Å²) in [4.78, 5) is 23.2. The summed E-state index contributed by atoms with van der Waals surface area (Å²) in [6.07, 6.45) is 0.00316. The molecule has 1 amide bonds. The zero-order valence-corrected chi connectivity index (χ0v) is 12.6. The number of hydrogen-bond acceptors (Lipinski definition) is 3. The van der Waals surface area contributed by atoms with E-state index in [2.05, 4.69) is 5.32 Å². The molecule has 106 valence electrons. The molecule has 0 spiro atoms. The van der Waals surface area contributed by atoms with E-state index >= 15 is 0 Å². The Morgan fingerprint density at radius 1 is 1.42 bits per heavy atom. The SMILES string of the molecule is Cc1cscc1CNC(=O)CC(C)(C(=O)O)C(C)C. The Bertz CT molecular complexity index is 467. The third kappa shape index (κ3) is 3.80. The van der Waals surface area contributed by atoms with E-state index in [-0.39, 0.29) is 18.2 Å². The summed E-state index contributed by atoms with van der Waals surface area (Å²) in [5, 5.41) is 16.1. The quantitative estimate of drug-likeness (QED) is 0.843. The van der Waals surface area contributed by atoms with Crippen molar-refractivity contribution in [1.29, 1.82) is 0 Å². The smallest absolute Gasteiger partial charge is 0.310 e. The minimum Gasteiger partial charge on any atom is -0.481 e. The summed E-state index contributed by atoms with van der Waals surface area (Å²) in [6.45, 7) is 7.72. The third-order valence-electron chi connectivity index (χ3n) is 3.73. The number of carboxylic acid groups (broad SMARTS) is 1. The maximum Gasteiger partial charge on any atom is 0.310 e. The fourth-order valence-corrected chi connectivity index (χ4v) is 2.54. The zero-order chi connectivity index (χ0) is 14.6. The molecule has 1 heterocycles. The fourth-order valence-electron chi connectivity index (χ4n) is 1.68. The second-order valence-corrected chi connectivity index (χ2v) is 6.15. The van der Waals surface area contributed by atoms with Gasteiger partial charge in [-0.25, -0.2) is 0 Å². The standard InChI is InChI=1S/C14H21NO3S/c1-9(2)14(4,13(17)18)5-12(16)15-6-11-8-19-7-10(11)3/h7-9H,5-6H2,1-4H3,(H,15,16)(H,17,18). The van der Waals surface area contributed by atoms with Crippen molar-refractivity contribution >= 4 is 23.2 Å². The van der Waals surface area contributed by atoms with Crippen LogP contribution in [0.3, 0.4) is 0 Å². The molecule has 2 N–H and O–H groups in total. The molecule has 0 aliphatic heterocycles. The van der Waals surface area contributed by atoms with Crippen LogP contribution in [0.1, 0.15) is 38.3 Å². The highest BCUT2D eigenvalue weighted by molar-refractivity contribution is 7.08. The van der Waals surface area contributed by atoms with Crippen molar-refractivity contribution in [3.05, 3.63) is 21.9 Å². The van der Waals surface area contributed by atoms with Crippen molar-refractivity contribution in [3.8, 4) is 0 Å². The second kappa shape index (κ2) is 6.19. The number of aliphatic carboxylic acids is 1. The van der Waals surface area contributed by atoms with Crippen LogP contribution in [-0.4, -0.2) is 17.0 Å². The van der Waals surface area contributed by atoms with Crippen molar-refractivity contribution in [2.24, 2.45) is 11.3 Å². The van der Waals surface area contributed by atoms with Gasteiger partial charge in [0.15, 0.2) is 0 Å². The number of aryl methyl sites for hydroxylation is 1. The normalized spacial score (nSPS) is 14.2. The van der Waals surface area contributed by atoms with Crippen LogP contribution in [0.2, 0.25) is 0 Å². The van der Waals surface area contributed by atoms with Crippen molar-refractivity contribution < 1.29 is 14.7 Å². The van der Waals surface area contributed by atoms with Crippen LogP contribution in [0.25, 0.3) is 0 Å². The lowest BCUT2D eigenvalue weighted by Crippen LogP contribution is -2.39. The molecule has 1 aromatic heterocycles. The minimum atomic E-state index is -1.02. The van der Waals surface area contributed by atoms with Gasteiger partial charge in [0, 0.05) is 13.0 Å². The average molecular weight is 283 g/mol. The van der Waals surface area contributed by atoms with E-state index in [4.69, 9.17) is 0 Å². The van der Waals surface area contributed by atoms with Crippen LogP contribution >= 0.6 is 11.3 Å². The maximum absolute atomic E-state index is 11.9. The average Bonchev–Trinajstić information content (AvgIpc) is 2.71. The number of carbonyl (C=O) groups is 2. The third-order valence-corrected chi connectivity index (χ3v) is 4.64. The van der Waals surface area contributed by atoms with Gasteiger partial charge in [-0.15, -0.1) is 0 Å². The van der Waals surface area contributed by atoms with Gasteiger partial charge >= 0.3 is 5.97 Å². The molecular formula is C14H21NO3S. The fraction of sp³-hybridized carbons (Fsp3) is 0.571. The molecule has 19 heavy (non-hydrogen) atoms. The van der Waals surface area contributed by atoms with Crippen LogP contribution in [0.5, 0.6) is 0 Å². The van der Waals surface area contributed by atoms with Crippen LogP contribution in [0.4, 0.5) is 0 Å². The Labute approximate surface area is 117 Å². The number of rotatable bonds is 6. The van der Waals surface area contributed by atoms with Gasteiger partial charge in [0.2, 0.25) is 5.91 Å².